The molecule has 0 aromatic heterocycles. The first-order chi connectivity index (χ1) is 9.52. The molecule has 0 radical (unpaired) electrons. The van der Waals surface area contributed by atoms with Gasteiger partial charge in [0, 0.05) is 38.0 Å². The Bertz CT molecular complexity index is 483. The number of hydrogen-bond donors (Lipinski definition) is 2. The van der Waals surface area contributed by atoms with Gasteiger partial charge in [0.2, 0.25) is 5.91 Å². The molecule has 0 fully saturated rings. The third kappa shape index (κ3) is 3.73. The molecule has 0 atom stereocenters. The highest BCUT2D eigenvalue weighted by molar-refractivity contribution is 5.75. The van der Waals surface area contributed by atoms with Crippen LogP contribution in [0.25, 0.3) is 0 Å². The lowest BCUT2D eigenvalue weighted by molar-refractivity contribution is -0.120. The first kappa shape index (κ1) is 14.9. The van der Waals surface area contributed by atoms with E-state index < -0.39 is 0 Å². The summed E-state index contributed by atoms with van der Waals surface area (Å²) in [5, 5.41) is 6.10. The van der Waals surface area contributed by atoms with Gasteiger partial charge in [-0.15, -0.1) is 0 Å². The highest BCUT2D eigenvalue weighted by Gasteiger charge is 2.31. The largest absolute Gasteiger partial charge is 0.487 e. The molecule has 1 aromatic carbocycles. The molecule has 20 heavy (non-hydrogen) atoms. The number of fused-ring (bicyclic) bond motifs is 1. The number of benzene rings is 1. The van der Waals surface area contributed by atoms with Crippen LogP contribution in [0, 0.1) is 0 Å². The number of ether oxygens (including phenoxy) is 1. The summed E-state index contributed by atoms with van der Waals surface area (Å²) in [6.45, 7) is 8.25. The first-order valence-electron chi connectivity index (χ1n) is 7.29. The van der Waals surface area contributed by atoms with Crippen LogP contribution >= 0.6 is 0 Å². The Kier molecular flexibility index (Phi) is 4.65. The molecule has 110 valence electrons. The zero-order valence-electron chi connectivity index (χ0n) is 12.6. The van der Waals surface area contributed by atoms with Gasteiger partial charge in [0.1, 0.15) is 11.4 Å². The SMILES string of the molecule is CCNC(=O)CCNCc1cccc2c1OC(C)(C)C2. The first-order valence-corrected chi connectivity index (χ1v) is 7.29. The Morgan fingerprint density at radius 1 is 1.40 bits per heavy atom. The molecule has 0 aliphatic carbocycles. The predicted octanol–water partition coefficient (Wildman–Crippen LogP) is 2.02. The molecule has 1 aliphatic rings. The number of carbonyl (C=O) groups excluding carboxylic acids is 1. The molecule has 2 N–H and O–H groups in total. The summed E-state index contributed by atoms with van der Waals surface area (Å²) in [4.78, 5) is 11.4. The summed E-state index contributed by atoms with van der Waals surface area (Å²) < 4.78 is 6.02. The van der Waals surface area contributed by atoms with E-state index in [2.05, 4.69) is 42.7 Å². The molecule has 0 saturated heterocycles. The summed E-state index contributed by atoms with van der Waals surface area (Å²) in [7, 11) is 0. The second kappa shape index (κ2) is 6.27. The smallest absolute Gasteiger partial charge is 0.221 e. The molecule has 2 rings (SSSR count). The average molecular weight is 276 g/mol. The molecule has 1 heterocycles. The molecule has 0 spiro atoms. The van der Waals surface area contributed by atoms with Gasteiger partial charge in [0.15, 0.2) is 0 Å². The minimum absolute atomic E-state index is 0.0932. The Morgan fingerprint density at radius 3 is 2.95 bits per heavy atom. The predicted molar refractivity (Wildman–Crippen MR) is 79.9 cm³/mol. The van der Waals surface area contributed by atoms with Gasteiger partial charge in [-0.3, -0.25) is 4.79 Å². The van der Waals surface area contributed by atoms with E-state index in [1.807, 2.05) is 6.92 Å². The molecule has 0 bridgehead atoms. The van der Waals surface area contributed by atoms with Gasteiger partial charge in [0.25, 0.3) is 0 Å². The Hall–Kier alpha value is -1.55. The number of hydrogen-bond acceptors (Lipinski definition) is 3. The monoisotopic (exact) mass is 276 g/mol. The Balaban J connectivity index is 1.86. The standard InChI is InChI=1S/C16H24N2O2/c1-4-18-14(19)8-9-17-11-13-7-5-6-12-10-16(2,3)20-15(12)13/h5-7,17H,4,8-11H2,1-3H3,(H,18,19). The molecule has 4 nitrogen and oxygen atoms in total. The van der Waals surface area contributed by atoms with Crippen LogP contribution in [-0.4, -0.2) is 24.6 Å². The van der Waals surface area contributed by atoms with Crippen LogP contribution in [0.4, 0.5) is 0 Å². The molecule has 0 saturated carbocycles. The highest BCUT2D eigenvalue weighted by Crippen LogP contribution is 2.37. The van der Waals surface area contributed by atoms with Crippen molar-refractivity contribution in [3.8, 4) is 5.75 Å². The maximum Gasteiger partial charge on any atom is 0.221 e. The van der Waals surface area contributed by atoms with Gasteiger partial charge in [-0.1, -0.05) is 18.2 Å². The van der Waals surface area contributed by atoms with E-state index in [0.717, 1.165) is 18.7 Å². The summed E-state index contributed by atoms with van der Waals surface area (Å²) in [5.74, 6) is 1.11. The number of rotatable bonds is 6. The van der Waals surface area contributed by atoms with E-state index >= 15 is 0 Å². The third-order valence-electron chi connectivity index (χ3n) is 3.39. The topological polar surface area (TPSA) is 50.4 Å². The lowest BCUT2D eigenvalue weighted by atomic mass is 10.0. The van der Waals surface area contributed by atoms with Gasteiger partial charge in [-0.05, 0) is 26.3 Å². The third-order valence-corrected chi connectivity index (χ3v) is 3.39. The van der Waals surface area contributed by atoms with Crippen LogP contribution in [-0.2, 0) is 17.8 Å². The van der Waals surface area contributed by atoms with Crippen molar-refractivity contribution in [2.24, 2.45) is 0 Å². The highest BCUT2D eigenvalue weighted by atomic mass is 16.5. The van der Waals surface area contributed by atoms with Gasteiger partial charge >= 0.3 is 0 Å². The van der Waals surface area contributed by atoms with Crippen LogP contribution in [0.15, 0.2) is 18.2 Å². The molecular formula is C16H24N2O2. The van der Waals surface area contributed by atoms with E-state index in [1.165, 1.54) is 11.1 Å². The van der Waals surface area contributed by atoms with Crippen LogP contribution in [0.1, 0.15) is 38.3 Å². The van der Waals surface area contributed by atoms with Crippen molar-refractivity contribution >= 4 is 5.91 Å². The van der Waals surface area contributed by atoms with Crippen molar-refractivity contribution in [2.45, 2.75) is 45.8 Å². The number of carbonyl (C=O) groups is 1. The van der Waals surface area contributed by atoms with Gasteiger partial charge in [0.05, 0.1) is 0 Å². The fraction of sp³-hybridized carbons (Fsp3) is 0.562. The minimum Gasteiger partial charge on any atom is -0.487 e. The zero-order chi connectivity index (χ0) is 14.6. The Labute approximate surface area is 120 Å². The second-order valence-corrected chi connectivity index (χ2v) is 5.82. The lowest BCUT2D eigenvalue weighted by Crippen LogP contribution is -2.27. The maximum atomic E-state index is 11.4. The summed E-state index contributed by atoms with van der Waals surface area (Å²) in [5.41, 5.74) is 2.33. The van der Waals surface area contributed by atoms with E-state index in [1.54, 1.807) is 0 Å². The van der Waals surface area contributed by atoms with E-state index in [4.69, 9.17) is 4.74 Å². The van der Waals surface area contributed by atoms with Gasteiger partial charge in [-0.25, -0.2) is 0 Å². The van der Waals surface area contributed by atoms with Crippen LogP contribution in [0.2, 0.25) is 0 Å². The van der Waals surface area contributed by atoms with Crippen molar-refractivity contribution in [3.05, 3.63) is 29.3 Å². The summed E-state index contributed by atoms with van der Waals surface area (Å²) in [6, 6.07) is 6.28. The molecule has 0 unspecified atom stereocenters. The van der Waals surface area contributed by atoms with Crippen molar-refractivity contribution in [1.29, 1.82) is 0 Å². The van der Waals surface area contributed by atoms with Crippen molar-refractivity contribution < 1.29 is 9.53 Å². The van der Waals surface area contributed by atoms with Crippen LogP contribution in [0.5, 0.6) is 5.75 Å². The van der Waals surface area contributed by atoms with Crippen molar-refractivity contribution in [1.82, 2.24) is 10.6 Å². The van der Waals surface area contributed by atoms with Crippen molar-refractivity contribution in [2.75, 3.05) is 13.1 Å². The normalized spacial score (nSPS) is 15.6. The van der Waals surface area contributed by atoms with E-state index in [9.17, 15) is 4.79 Å². The zero-order valence-corrected chi connectivity index (χ0v) is 12.6. The number of amides is 1. The van der Waals surface area contributed by atoms with E-state index in [-0.39, 0.29) is 11.5 Å². The molecular weight excluding hydrogens is 252 g/mol. The second-order valence-electron chi connectivity index (χ2n) is 5.82. The fourth-order valence-corrected chi connectivity index (χ4v) is 2.53. The lowest BCUT2D eigenvalue weighted by Gasteiger charge is -2.18. The quantitative estimate of drug-likeness (QED) is 0.782. The van der Waals surface area contributed by atoms with Crippen LogP contribution < -0.4 is 15.4 Å². The minimum atomic E-state index is -0.112. The van der Waals surface area contributed by atoms with Gasteiger partial charge < -0.3 is 15.4 Å². The van der Waals surface area contributed by atoms with E-state index in [0.29, 0.717) is 19.5 Å². The number of nitrogens with one attached hydrogen (secondary N) is 2. The summed E-state index contributed by atoms with van der Waals surface area (Å²) in [6.07, 6.45) is 1.46. The molecule has 1 amide bonds. The maximum absolute atomic E-state index is 11.4. The molecule has 4 heteroatoms. The van der Waals surface area contributed by atoms with Crippen molar-refractivity contribution in [3.63, 3.8) is 0 Å². The average Bonchev–Trinajstić information content (AvgIpc) is 2.69. The fourth-order valence-electron chi connectivity index (χ4n) is 2.53. The van der Waals surface area contributed by atoms with Crippen LogP contribution in [0.3, 0.4) is 0 Å². The molecule has 1 aromatic rings. The molecule has 1 aliphatic heterocycles. The van der Waals surface area contributed by atoms with Gasteiger partial charge in [-0.2, -0.15) is 0 Å². The summed E-state index contributed by atoms with van der Waals surface area (Å²) >= 11 is 0. The Morgan fingerprint density at radius 2 is 2.20 bits per heavy atom. The number of para-hydroxylation sites is 1.